The van der Waals surface area contributed by atoms with Crippen LogP contribution in [0.4, 0.5) is 37.7 Å². The summed E-state index contributed by atoms with van der Waals surface area (Å²) in [6.45, 7) is 0. The van der Waals surface area contributed by atoms with Crippen molar-refractivity contribution >= 4 is 35.0 Å². The highest BCUT2D eigenvalue weighted by molar-refractivity contribution is 6.28. The molecule has 0 saturated heterocycles. The maximum absolute atomic E-state index is 15.8. The van der Waals surface area contributed by atoms with Crippen LogP contribution >= 0.6 is 0 Å². The van der Waals surface area contributed by atoms with E-state index in [1.165, 1.54) is 36.4 Å². The summed E-state index contributed by atoms with van der Waals surface area (Å²) in [5.41, 5.74) is -3.20. The number of imide groups is 2. The van der Waals surface area contributed by atoms with E-state index < -0.39 is 64.0 Å². The van der Waals surface area contributed by atoms with Gasteiger partial charge in [0.25, 0.3) is 23.6 Å². The molecule has 2 heterocycles. The molecule has 6 rings (SSSR count). The van der Waals surface area contributed by atoms with Crippen LogP contribution in [0.2, 0.25) is 0 Å². The summed E-state index contributed by atoms with van der Waals surface area (Å²) in [6.07, 6.45) is 4.02. The Balaban J connectivity index is 1.31. The number of carbonyl (C=O) groups is 4. The number of alkyl halides is 6. The molecule has 2 aliphatic heterocycles. The number of halogens is 6. The van der Waals surface area contributed by atoms with Crippen molar-refractivity contribution in [3.63, 3.8) is 0 Å². The zero-order valence-corrected chi connectivity index (χ0v) is 24.7. The fraction of sp³-hybridized carbons (Fsp3) is 0.0857. The van der Waals surface area contributed by atoms with Crippen LogP contribution in [0, 0.1) is 0 Å². The van der Waals surface area contributed by atoms with Crippen molar-refractivity contribution in [1.29, 1.82) is 0 Å². The van der Waals surface area contributed by atoms with Gasteiger partial charge in [-0.2, -0.15) is 26.3 Å². The number of anilines is 2. The van der Waals surface area contributed by atoms with E-state index in [4.69, 9.17) is 9.47 Å². The second-order valence-electron chi connectivity index (χ2n) is 10.6. The van der Waals surface area contributed by atoms with Gasteiger partial charge in [-0.1, -0.05) is 36.4 Å². The summed E-state index contributed by atoms with van der Waals surface area (Å²) in [5, 5.41) is 0. The Morgan fingerprint density at radius 3 is 1.16 bits per heavy atom. The van der Waals surface area contributed by atoms with Gasteiger partial charge >= 0.3 is 17.8 Å². The number of para-hydroxylation sites is 2. The molecular formula is C35H20F6N2O6. The first-order chi connectivity index (χ1) is 23.2. The van der Waals surface area contributed by atoms with Gasteiger partial charge in [-0.25, -0.2) is 9.80 Å². The Morgan fingerprint density at radius 1 is 0.449 bits per heavy atom. The number of hydrogen-bond acceptors (Lipinski definition) is 6. The van der Waals surface area contributed by atoms with Crippen LogP contribution in [0.15, 0.2) is 121 Å². The third-order valence-electron chi connectivity index (χ3n) is 7.47. The summed E-state index contributed by atoms with van der Waals surface area (Å²) < 4.78 is 106. The van der Waals surface area contributed by atoms with Crippen molar-refractivity contribution in [2.45, 2.75) is 17.8 Å². The largest absolute Gasteiger partial charge is 0.457 e. The average molecular weight is 679 g/mol. The van der Waals surface area contributed by atoms with E-state index in [0.29, 0.717) is 12.1 Å². The van der Waals surface area contributed by atoms with Crippen LogP contribution < -0.4 is 19.3 Å². The molecule has 0 N–H and O–H groups in total. The van der Waals surface area contributed by atoms with Gasteiger partial charge < -0.3 is 9.47 Å². The van der Waals surface area contributed by atoms with E-state index in [-0.39, 0.29) is 22.9 Å². The van der Waals surface area contributed by atoms with E-state index in [2.05, 4.69) is 0 Å². The molecule has 248 valence electrons. The molecule has 0 unspecified atom stereocenters. The lowest BCUT2D eigenvalue weighted by atomic mass is 9.92. The Hall–Kier alpha value is -6.18. The molecule has 4 aromatic rings. The third kappa shape index (κ3) is 5.70. The van der Waals surface area contributed by atoms with Crippen molar-refractivity contribution in [2.24, 2.45) is 0 Å². The predicted molar refractivity (Wildman–Crippen MR) is 162 cm³/mol. The molecule has 4 aromatic carbocycles. The van der Waals surface area contributed by atoms with Crippen LogP contribution in [-0.2, 0) is 31.0 Å². The summed E-state index contributed by atoms with van der Waals surface area (Å²) in [5.74, 6) is -22.3. The van der Waals surface area contributed by atoms with E-state index in [0.717, 1.165) is 82.6 Å². The zero-order chi connectivity index (χ0) is 35.1. The average Bonchev–Trinajstić information content (AvgIpc) is 3.59. The number of benzene rings is 4. The molecule has 14 heteroatoms. The van der Waals surface area contributed by atoms with E-state index in [9.17, 15) is 19.2 Å². The van der Waals surface area contributed by atoms with Gasteiger partial charge in [0.15, 0.2) is 0 Å². The summed E-state index contributed by atoms with van der Waals surface area (Å²) in [7, 11) is 0. The lowest BCUT2D eigenvalue weighted by molar-refractivity contribution is -0.321. The van der Waals surface area contributed by atoms with Gasteiger partial charge in [-0.3, -0.25) is 19.2 Å². The number of rotatable bonds is 10. The van der Waals surface area contributed by atoms with Gasteiger partial charge in [0.1, 0.15) is 23.0 Å². The van der Waals surface area contributed by atoms with Gasteiger partial charge in [0.05, 0.1) is 22.5 Å². The van der Waals surface area contributed by atoms with Crippen LogP contribution in [0.3, 0.4) is 0 Å². The van der Waals surface area contributed by atoms with Crippen LogP contribution in [0.5, 0.6) is 23.0 Å². The van der Waals surface area contributed by atoms with E-state index >= 15 is 26.3 Å². The van der Waals surface area contributed by atoms with Gasteiger partial charge in [0.2, 0.25) is 0 Å². The Morgan fingerprint density at radius 2 is 0.796 bits per heavy atom. The Labute approximate surface area is 273 Å². The van der Waals surface area contributed by atoms with E-state index in [1.54, 1.807) is 0 Å². The molecule has 0 radical (unpaired) electrons. The molecule has 8 nitrogen and oxygen atoms in total. The second kappa shape index (κ2) is 12.1. The molecule has 0 fully saturated rings. The first kappa shape index (κ1) is 32.7. The van der Waals surface area contributed by atoms with E-state index in [1.807, 2.05) is 0 Å². The fourth-order valence-electron chi connectivity index (χ4n) is 5.10. The quantitative estimate of drug-likeness (QED) is 0.126. The maximum atomic E-state index is 15.8. The molecule has 0 spiro atoms. The number of hydrogen-bond donors (Lipinski definition) is 0. The smallest absolute Gasteiger partial charge is 0.380 e. The predicted octanol–water partition coefficient (Wildman–Crippen LogP) is 7.65. The van der Waals surface area contributed by atoms with Gasteiger partial charge in [0, 0.05) is 36.4 Å². The molecular weight excluding hydrogens is 658 g/mol. The number of ether oxygens (including phenoxy) is 2. The molecule has 2 aliphatic rings. The van der Waals surface area contributed by atoms with Crippen molar-refractivity contribution in [3.05, 3.63) is 132 Å². The molecule has 4 amide bonds. The van der Waals surface area contributed by atoms with Crippen molar-refractivity contribution in [3.8, 4) is 23.0 Å². The molecule has 0 atom stereocenters. The van der Waals surface area contributed by atoms with Crippen molar-refractivity contribution < 1.29 is 55.0 Å². The minimum absolute atomic E-state index is 0.0176. The van der Waals surface area contributed by atoms with Crippen LogP contribution in [0.1, 0.15) is 11.1 Å². The fourth-order valence-corrected chi connectivity index (χ4v) is 5.10. The van der Waals surface area contributed by atoms with Crippen LogP contribution in [0.25, 0.3) is 0 Å². The monoisotopic (exact) mass is 678 g/mol. The highest BCUT2D eigenvalue weighted by Gasteiger charge is 2.73. The first-order valence-electron chi connectivity index (χ1n) is 14.2. The lowest BCUT2D eigenvalue weighted by Gasteiger charge is -2.34. The number of nitrogens with zero attached hydrogens (tertiary/aromatic N) is 2. The summed E-state index contributed by atoms with van der Waals surface area (Å²) in [6, 6.07) is 16.9. The maximum Gasteiger partial charge on any atom is 0.380 e. The third-order valence-corrected chi connectivity index (χ3v) is 7.47. The first-order valence-corrected chi connectivity index (χ1v) is 14.2. The Bertz CT molecular complexity index is 1900. The number of carbonyl (C=O) groups excluding carboxylic acids is 4. The summed E-state index contributed by atoms with van der Waals surface area (Å²) >= 11 is 0. The molecule has 0 saturated carbocycles. The molecule has 0 aromatic heterocycles. The van der Waals surface area contributed by atoms with Gasteiger partial charge in [-0.15, -0.1) is 0 Å². The zero-order valence-electron chi connectivity index (χ0n) is 24.7. The summed E-state index contributed by atoms with van der Waals surface area (Å²) in [4.78, 5) is 49.8. The topological polar surface area (TPSA) is 93.2 Å². The van der Waals surface area contributed by atoms with Gasteiger partial charge in [-0.05, 0) is 48.5 Å². The molecule has 49 heavy (non-hydrogen) atoms. The van der Waals surface area contributed by atoms with Crippen molar-refractivity contribution in [2.75, 3.05) is 9.80 Å². The SMILES string of the molecule is O=C1C=CC(=O)N1c1cccc(Oc2ccccc2C(F)(F)C(F)(F)C(F)(F)c2ccccc2Oc2cccc(N3C(=O)C=CC3=O)c2)c1. The lowest BCUT2D eigenvalue weighted by Crippen LogP contribution is -2.50. The minimum atomic E-state index is -6.09. The van der Waals surface area contributed by atoms with Crippen LogP contribution in [-0.4, -0.2) is 29.6 Å². The highest BCUT2D eigenvalue weighted by atomic mass is 19.3. The standard InChI is InChI=1S/C35H20F6N2O6/c36-33(37,25-11-1-3-13-27(25)48-23-9-5-7-21(19-23)42-29(44)15-16-30(42)45)35(40,41)34(38,39)26-12-2-4-14-28(26)49-24-10-6-8-22(20-24)43-31(46)17-18-32(43)47/h1-20H. The Kier molecular flexibility index (Phi) is 8.10. The molecule has 0 bridgehead atoms. The minimum Gasteiger partial charge on any atom is -0.457 e. The highest BCUT2D eigenvalue weighted by Crippen LogP contribution is 2.58. The second-order valence-corrected chi connectivity index (χ2v) is 10.6. The normalized spacial score (nSPS) is 15.1. The number of amides is 4. The van der Waals surface area contributed by atoms with Crippen molar-refractivity contribution in [1.82, 2.24) is 0 Å². The molecule has 0 aliphatic carbocycles.